The topological polar surface area (TPSA) is 46.4 Å². The summed E-state index contributed by atoms with van der Waals surface area (Å²) in [5, 5.41) is 5.63. The highest BCUT2D eigenvalue weighted by Crippen LogP contribution is 2.30. The van der Waals surface area contributed by atoms with Crippen molar-refractivity contribution in [3.63, 3.8) is 0 Å². The molecule has 0 radical (unpaired) electrons. The van der Waals surface area contributed by atoms with Gasteiger partial charge in [0.1, 0.15) is 11.5 Å². The van der Waals surface area contributed by atoms with Crippen molar-refractivity contribution in [1.82, 2.24) is 19.7 Å². The van der Waals surface area contributed by atoms with Crippen LogP contribution in [0.4, 0.5) is 5.69 Å². The van der Waals surface area contributed by atoms with Crippen LogP contribution in [0.25, 0.3) is 16.7 Å². The number of hydrogen-bond donors (Lipinski definition) is 0. The maximum absolute atomic E-state index is 6.26. The number of hydrogen-bond acceptors (Lipinski definition) is 5. The predicted molar refractivity (Wildman–Crippen MR) is 133 cm³/mol. The van der Waals surface area contributed by atoms with E-state index in [2.05, 4.69) is 84.2 Å². The van der Waals surface area contributed by atoms with Crippen LogP contribution in [-0.2, 0) is 0 Å². The molecule has 6 nitrogen and oxygen atoms in total. The Morgan fingerprint density at radius 2 is 1.76 bits per heavy atom. The fourth-order valence-electron chi connectivity index (χ4n) is 3.95. The lowest BCUT2D eigenvalue weighted by Crippen LogP contribution is -2.30. The molecule has 0 N–H and O–H groups in total. The highest BCUT2D eigenvalue weighted by Gasteiger charge is 2.16. The largest absolute Gasteiger partial charge is 0.457 e. The van der Waals surface area contributed by atoms with Crippen LogP contribution in [0.2, 0.25) is 0 Å². The summed E-state index contributed by atoms with van der Waals surface area (Å²) in [6.07, 6.45) is 7.96. The van der Waals surface area contributed by atoms with Crippen molar-refractivity contribution in [2.45, 2.75) is 39.7 Å². The van der Waals surface area contributed by atoms with Crippen LogP contribution in [0.15, 0.2) is 79.4 Å². The minimum absolute atomic E-state index is 0.429. The number of anilines is 1. The Balaban J connectivity index is 1.41. The summed E-state index contributed by atoms with van der Waals surface area (Å²) in [4.78, 5) is 9.06. The average Bonchev–Trinajstić information content (AvgIpc) is 3.47. The van der Waals surface area contributed by atoms with Crippen molar-refractivity contribution in [3.8, 4) is 17.3 Å². The molecule has 5 rings (SSSR count). The standard InChI is InChI=1S/C27H29N5O/c1-19(2)21-10-11-28-27(14-21)32-26-16-25(9-8-22(26)17-29-32)33-24-7-5-6-23(15-24)31-13-12-30(18-31)20(3)4/h5-17,19-20H,18H2,1-4H3. The summed E-state index contributed by atoms with van der Waals surface area (Å²) < 4.78 is 8.13. The highest BCUT2D eigenvalue weighted by atomic mass is 16.5. The van der Waals surface area contributed by atoms with Crippen LogP contribution in [0.1, 0.15) is 39.2 Å². The van der Waals surface area contributed by atoms with Crippen LogP contribution >= 0.6 is 0 Å². The molecule has 0 atom stereocenters. The molecule has 0 amide bonds. The Bertz CT molecular complexity index is 1310. The van der Waals surface area contributed by atoms with Crippen molar-refractivity contribution >= 4 is 16.6 Å². The summed E-state index contributed by atoms with van der Waals surface area (Å²) in [7, 11) is 0. The monoisotopic (exact) mass is 439 g/mol. The first-order valence-electron chi connectivity index (χ1n) is 11.4. The van der Waals surface area contributed by atoms with Gasteiger partial charge in [-0.1, -0.05) is 19.9 Å². The van der Waals surface area contributed by atoms with Crippen LogP contribution in [0, 0.1) is 0 Å². The van der Waals surface area contributed by atoms with Gasteiger partial charge in [-0.05, 0) is 61.7 Å². The predicted octanol–water partition coefficient (Wildman–Crippen LogP) is 6.30. The molecule has 1 aliphatic heterocycles. The van der Waals surface area contributed by atoms with E-state index in [4.69, 9.17) is 4.74 Å². The number of nitrogens with zero attached hydrogens (tertiary/aromatic N) is 5. The van der Waals surface area contributed by atoms with Crippen LogP contribution in [-0.4, -0.2) is 32.4 Å². The number of rotatable bonds is 6. The molecule has 0 fully saturated rings. The lowest BCUT2D eigenvalue weighted by atomic mass is 10.1. The number of ether oxygens (including phenoxy) is 1. The number of benzene rings is 2. The minimum Gasteiger partial charge on any atom is -0.457 e. The van der Waals surface area contributed by atoms with Crippen molar-refractivity contribution in [3.05, 3.63) is 85.0 Å². The van der Waals surface area contributed by atoms with Gasteiger partial charge in [-0.25, -0.2) is 9.67 Å². The Morgan fingerprint density at radius 3 is 2.55 bits per heavy atom. The summed E-state index contributed by atoms with van der Waals surface area (Å²) in [5.74, 6) is 2.81. The zero-order chi connectivity index (χ0) is 22.9. The smallest absolute Gasteiger partial charge is 0.154 e. The third-order valence-corrected chi connectivity index (χ3v) is 6.00. The van der Waals surface area contributed by atoms with E-state index in [0.717, 1.165) is 40.6 Å². The molecule has 168 valence electrons. The third-order valence-electron chi connectivity index (χ3n) is 6.00. The lowest BCUT2D eigenvalue weighted by Gasteiger charge is -2.24. The molecule has 1 aliphatic rings. The normalized spacial score (nSPS) is 13.6. The third kappa shape index (κ3) is 4.29. The first kappa shape index (κ1) is 21.1. The molecule has 6 heteroatoms. The van der Waals surface area contributed by atoms with E-state index >= 15 is 0 Å². The molecule has 0 saturated carbocycles. The summed E-state index contributed by atoms with van der Waals surface area (Å²) in [6.45, 7) is 9.59. The second-order valence-electron chi connectivity index (χ2n) is 9.00. The second-order valence-corrected chi connectivity index (χ2v) is 9.00. The van der Waals surface area contributed by atoms with Gasteiger partial charge >= 0.3 is 0 Å². The Hall–Kier alpha value is -3.80. The van der Waals surface area contributed by atoms with E-state index in [1.807, 2.05) is 47.4 Å². The van der Waals surface area contributed by atoms with Crippen LogP contribution < -0.4 is 9.64 Å². The van der Waals surface area contributed by atoms with Crippen molar-refractivity contribution in [1.29, 1.82) is 0 Å². The Kier molecular flexibility index (Phi) is 5.50. The van der Waals surface area contributed by atoms with Gasteiger partial charge < -0.3 is 14.5 Å². The van der Waals surface area contributed by atoms with Gasteiger partial charge in [-0.15, -0.1) is 0 Å². The molecule has 0 unspecified atom stereocenters. The van der Waals surface area contributed by atoms with Gasteiger partial charge in [-0.2, -0.15) is 5.10 Å². The fraction of sp³-hybridized carbons (Fsp3) is 0.259. The van der Waals surface area contributed by atoms with E-state index in [0.29, 0.717) is 12.0 Å². The molecule has 2 aromatic heterocycles. The Morgan fingerprint density at radius 1 is 0.909 bits per heavy atom. The number of fused-ring (bicyclic) bond motifs is 1. The second kappa shape index (κ2) is 8.62. The lowest BCUT2D eigenvalue weighted by molar-refractivity contribution is 0.336. The van der Waals surface area contributed by atoms with E-state index in [9.17, 15) is 0 Å². The van der Waals surface area contributed by atoms with Crippen LogP contribution in [0.3, 0.4) is 0 Å². The zero-order valence-corrected chi connectivity index (χ0v) is 19.5. The van der Waals surface area contributed by atoms with E-state index in [1.165, 1.54) is 5.56 Å². The van der Waals surface area contributed by atoms with Gasteiger partial charge in [-0.3, -0.25) is 0 Å². The molecule has 33 heavy (non-hydrogen) atoms. The van der Waals surface area contributed by atoms with Gasteiger partial charge in [0.2, 0.25) is 0 Å². The maximum Gasteiger partial charge on any atom is 0.154 e. The first-order valence-corrected chi connectivity index (χ1v) is 11.4. The van der Waals surface area contributed by atoms with E-state index in [-0.39, 0.29) is 0 Å². The van der Waals surface area contributed by atoms with Crippen LogP contribution in [0.5, 0.6) is 11.5 Å². The van der Waals surface area contributed by atoms with Gasteiger partial charge in [0.15, 0.2) is 5.82 Å². The summed E-state index contributed by atoms with van der Waals surface area (Å²) >= 11 is 0. The first-order chi connectivity index (χ1) is 16.0. The molecule has 0 bridgehead atoms. The summed E-state index contributed by atoms with van der Waals surface area (Å²) in [5.41, 5.74) is 3.31. The molecule has 0 aliphatic carbocycles. The SMILES string of the molecule is CC(C)c1ccnc(-n2ncc3ccc(Oc4cccc(N5C=CN(C(C)C)C5)c4)cc32)c1. The maximum atomic E-state index is 6.26. The number of aromatic nitrogens is 3. The molecule has 2 aromatic carbocycles. The average molecular weight is 440 g/mol. The van der Waals surface area contributed by atoms with Gasteiger partial charge in [0, 0.05) is 47.8 Å². The van der Waals surface area contributed by atoms with E-state index < -0.39 is 0 Å². The molecule has 0 spiro atoms. The Labute approximate surface area is 194 Å². The number of pyridine rings is 1. The van der Waals surface area contributed by atoms with Crippen molar-refractivity contribution in [2.75, 3.05) is 11.6 Å². The quantitative estimate of drug-likeness (QED) is 0.353. The molecule has 3 heterocycles. The summed E-state index contributed by atoms with van der Waals surface area (Å²) in [6, 6.07) is 18.8. The van der Waals surface area contributed by atoms with Gasteiger partial charge in [0.05, 0.1) is 18.4 Å². The molecule has 0 saturated heterocycles. The highest BCUT2D eigenvalue weighted by molar-refractivity contribution is 5.81. The van der Waals surface area contributed by atoms with Crippen molar-refractivity contribution in [2.24, 2.45) is 0 Å². The van der Waals surface area contributed by atoms with E-state index in [1.54, 1.807) is 0 Å². The molecular weight excluding hydrogens is 410 g/mol. The zero-order valence-electron chi connectivity index (χ0n) is 19.5. The fourth-order valence-corrected chi connectivity index (χ4v) is 3.95. The van der Waals surface area contributed by atoms with Crippen molar-refractivity contribution < 1.29 is 4.74 Å². The minimum atomic E-state index is 0.429. The van der Waals surface area contributed by atoms with Gasteiger partial charge in [0.25, 0.3) is 0 Å². The molecular formula is C27H29N5O. The molecule has 4 aromatic rings.